The van der Waals surface area contributed by atoms with Gasteiger partial charge >= 0.3 is 5.97 Å². The van der Waals surface area contributed by atoms with Crippen molar-refractivity contribution in [1.82, 2.24) is 0 Å². The van der Waals surface area contributed by atoms with E-state index in [0.29, 0.717) is 43.0 Å². The first kappa shape index (κ1) is 25.1. The average Bonchev–Trinajstić information content (AvgIpc) is 3.44. The van der Waals surface area contributed by atoms with E-state index in [2.05, 4.69) is 52.0 Å². The summed E-state index contributed by atoms with van der Waals surface area (Å²) < 4.78 is 5.48. The zero-order chi connectivity index (χ0) is 24.5. The molecule has 0 amide bonds. The number of rotatable bonds is 11. The number of unbranched alkanes of at least 4 members (excludes halogenated alkanes) is 5. The van der Waals surface area contributed by atoms with Gasteiger partial charge in [0.05, 0.1) is 6.61 Å². The summed E-state index contributed by atoms with van der Waals surface area (Å²) in [6, 6.07) is 10.4. The molecule has 2 aromatic carbocycles. The molecule has 0 heterocycles. The zero-order valence-electron chi connectivity index (χ0n) is 21.1. The maximum absolute atomic E-state index is 12.3. The maximum Gasteiger partial charge on any atom is 0.306 e. The molecule has 4 rings (SSSR count). The summed E-state index contributed by atoms with van der Waals surface area (Å²) in [5.74, 6) is 1.51. The normalized spacial score (nSPS) is 20.3. The lowest BCUT2D eigenvalue weighted by Gasteiger charge is -2.23. The van der Waals surface area contributed by atoms with Crippen LogP contribution in [0.3, 0.4) is 0 Å². The summed E-state index contributed by atoms with van der Waals surface area (Å²) in [6.45, 7) is 9.11. The van der Waals surface area contributed by atoms with Gasteiger partial charge in [0.2, 0.25) is 0 Å². The molecule has 3 nitrogen and oxygen atoms in total. The number of esters is 1. The van der Waals surface area contributed by atoms with E-state index >= 15 is 0 Å². The molecular weight excluding hydrogens is 444 g/mol. The third-order valence-corrected chi connectivity index (χ3v) is 7.77. The lowest BCUT2D eigenvalue weighted by Crippen LogP contribution is -2.13. The van der Waals surface area contributed by atoms with Crippen LogP contribution < -0.4 is 0 Å². The van der Waals surface area contributed by atoms with Gasteiger partial charge in [0, 0.05) is 17.4 Å². The monoisotopic (exact) mass is 482 g/mol. The number of aromatic hydroxyl groups is 1. The highest BCUT2D eigenvalue weighted by Gasteiger charge is 2.62. The van der Waals surface area contributed by atoms with Gasteiger partial charge in [-0.3, -0.25) is 4.79 Å². The molecular formula is C30H39ClO3. The Hall–Kier alpha value is -2.00. The quantitative estimate of drug-likeness (QED) is 0.259. The van der Waals surface area contributed by atoms with Gasteiger partial charge in [0.1, 0.15) is 5.75 Å². The van der Waals surface area contributed by atoms with E-state index in [-0.39, 0.29) is 11.4 Å². The second-order valence-corrected chi connectivity index (χ2v) is 11.6. The van der Waals surface area contributed by atoms with E-state index in [1.165, 1.54) is 36.8 Å². The molecule has 2 aliphatic rings. The Labute approximate surface area is 209 Å². The fourth-order valence-electron chi connectivity index (χ4n) is 5.59. The molecule has 184 valence electrons. The highest BCUT2D eigenvalue weighted by molar-refractivity contribution is 6.30. The lowest BCUT2D eigenvalue weighted by molar-refractivity contribution is -0.143. The number of benzene rings is 2. The second-order valence-electron chi connectivity index (χ2n) is 11.2. The van der Waals surface area contributed by atoms with E-state index in [9.17, 15) is 9.90 Å². The Morgan fingerprint density at radius 2 is 1.62 bits per heavy atom. The van der Waals surface area contributed by atoms with Crippen LogP contribution in [0.1, 0.15) is 118 Å². The Balaban J connectivity index is 1.39. The lowest BCUT2D eigenvalue weighted by atomic mass is 9.82. The maximum atomic E-state index is 12.3. The molecule has 34 heavy (non-hydrogen) atoms. The fourth-order valence-corrected chi connectivity index (χ4v) is 5.77. The van der Waals surface area contributed by atoms with Crippen LogP contribution in [0.2, 0.25) is 5.02 Å². The second kappa shape index (κ2) is 10.3. The molecule has 1 N–H and O–H groups in total. The van der Waals surface area contributed by atoms with Crippen molar-refractivity contribution in [2.75, 3.05) is 6.61 Å². The molecule has 4 heteroatoms. The Bertz CT molecular complexity index is 1040. The SMILES string of the molecule is CCCCCCCCOC(=O)CCc1cc(C2C3c4ccc(Cl)cc4C32)c(O)c(C(C)(C)C)c1. The Morgan fingerprint density at radius 3 is 2.35 bits per heavy atom. The topological polar surface area (TPSA) is 46.5 Å². The van der Waals surface area contributed by atoms with Gasteiger partial charge in [-0.15, -0.1) is 0 Å². The standard InChI is InChI=1S/C30H39ClO3/c1-5-6-7-8-9-10-15-34-25(32)14-11-19-16-23(29(33)24(17-19)30(2,3)4)28-26-21-13-12-20(31)18-22(21)27(26)28/h12-13,16-18,26-28,33H,5-11,14-15H2,1-4H3. The van der Waals surface area contributed by atoms with Crippen LogP contribution in [0, 0.1) is 0 Å². The van der Waals surface area contributed by atoms with Gasteiger partial charge in [-0.05, 0) is 70.0 Å². The van der Waals surface area contributed by atoms with Crippen LogP contribution in [-0.2, 0) is 21.4 Å². The highest BCUT2D eigenvalue weighted by Crippen LogP contribution is 2.76. The Morgan fingerprint density at radius 1 is 0.941 bits per heavy atom. The zero-order valence-corrected chi connectivity index (χ0v) is 21.9. The smallest absolute Gasteiger partial charge is 0.306 e. The van der Waals surface area contributed by atoms with Crippen LogP contribution >= 0.6 is 11.6 Å². The predicted octanol–water partition coefficient (Wildman–Crippen LogP) is 8.16. The number of hydrogen-bond acceptors (Lipinski definition) is 3. The summed E-state index contributed by atoms with van der Waals surface area (Å²) in [5.41, 5.74) is 5.57. The molecule has 3 atom stereocenters. The molecule has 2 aliphatic carbocycles. The largest absolute Gasteiger partial charge is 0.507 e. The summed E-state index contributed by atoms with van der Waals surface area (Å²) in [4.78, 5) is 12.3. The minimum Gasteiger partial charge on any atom is -0.507 e. The van der Waals surface area contributed by atoms with Crippen LogP contribution in [0.15, 0.2) is 30.3 Å². The van der Waals surface area contributed by atoms with Crippen LogP contribution in [-0.4, -0.2) is 17.7 Å². The van der Waals surface area contributed by atoms with E-state index < -0.39 is 0 Å². The number of ether oxygens (including phenoxy) is 1. The Kier molecular flexibility index (Phi) is 7.62. The third kappa shape index (κ3) is 5.30. The summed E-state index contributed by atoms with van der Waals surface area (Å²) in [5, 5.41) is 12.0. The van der Waals surface area contributed by atoms with Crippen molar-refractivity contribution < 1.29 is 14.6 Å². The van der Waals surface area contributed by atoms with Crippen molar-refractivity contribution in [3.63, 3.8) is 0 Å². The van der Waals surface area contributed by atoms with Crippen molar-refractivity contribution in [3.8, 4) is 5.75 Å². The summed E-state index contributed by atoms with van der Waals surface area (Å²) in [6.07, 6.45) is 8.09. The number of carbonyl (C=O) groups excluding carboxylic acids is 1. The number of phenolic OH excluding ortho intramolecular Hbond substituents is 1. The highest BCUT2D eigenvalue weighted by atomic mass is 35.5. The number of halogens is 1. The van der Waals surface area contributed by atoms with E-state index in [1.807, 2.05) is 6.07 Å². The first-order valence-electron chi connectivity index (χ1n) is 13.0. The number of phenols is 1. The first-order valence-corrected chi connectivity index (χ1v) is 13.4. The minimum absolute atomic E-state index is 0.131. The van der Waals surface area contributed by atoms with E-state index in [4.69, 9.17) is 16.3 Å². The molecule has 0 bridgehead atoms. The van der Waals surface area contributed by atoms with E-state index in [1.54, 1.807) is 0 Å². The minimum atomic E-state index is -0.183. The van der Waals surface area contributed by atoms with Crippen LogP contribution in [0.5, 0.6) is 5.75 Å². The van der Waals surface area contributed by atoms with Crippen LogP contribution in [0.25, 0.3) is 0 Å². The van der Waals surface area contributed by atoms with Gasteiger partial charge in [-0.25, -0.2) is 0 Å². The number of aryl methyl sites for hydroxylation is 1. The van der Waals surface area contributed by atoms with Gasteiger partial charge in [-0.2, -0.15) is 0 Å². The molecule has 0 aliphatic heterocycles. The average molecular weight is 483 g/mol. The molecule has 0 saturated heterocycles. The molecule has 0 radical (unpaired) electrons. The molecule has 1 fully saturated rings. The summed E-state index contributed by atoms with van der Waals surface area (Å²) in [7, 11) is 0. The van der Waals surface area contributed by atoms with Crippen molar-refractivity contribution in [2.45, 2.75) is 102 Å². The number of fused-ring (bicyclic) bond motifs is 4. The fraction of sp³-hybridized carbons (Fsp3) is 0.567. The van der Waals surface area contributed by atoms with Crippen LogP contribution in [0.4, 0.5) is 0 Å². The number of hydrogen-bond donors (Lipinski definition) is 1. The molecule has 1 saturated carbocycles. The van der Waals surface area contributed by atoms with Crippen molar-refractivity contribution >= 4 is 17.6 Å². The molecule has 3 unspecified atom stereocenters. The van der Waals surface area contributed by atoms with Gasteiger partial charge in [0.15, 0.2) is 0 Å². The van der Waals surface area contributed by atoms with E-state index in [0.717, 1.165) is 34.6 Å². The molecule has 0 aromatic heterocycles. The van der Waals surface area contributed by atoms with Gasteiger partial charge < -0.3 is 9.84 Å². The summed E-state index contributed by atoms with van der Waals surface area (Å²) >= 11 is 6.22. The van der Waals surface area contributed by atoms with Crippen molar-refractivity contribution in [1.29, 1.82) is 0 Å². The molecule has 2 aromatic rings. The van der Waals surface area contributed by atoms with Crippen molar-refractivity contribution in [3.05, 3.63) is 63.2 Å². The first-order chi connectivity index (χ1) is 16.2. The predicted molar refractivity (Wildman–Crippen MR) is 139 cm³/mol. The van der Waals surface area contributed by atoms with Gasteiger partial charge in [-0.1, -0.05) is 89.6 Å². The number of carbonyl (C=O) groups is 1. The van der Waals surface area contributed by atoms with Gasteiger partial charge in [0.25, 0.3) is 0 Å². The van der Waals surface area contributed by atoms with Crippen molar-refractivity contribution in [2.24, 2.45) is 0 Å². The third-order valence-electron chi connectivity index (χ3n) is 7.53. The molecule has 0 spiro atoms.